The van der Waals surface area contributed by atoms with Gasteiger partial charge in [-0.25, -0.2) is 4.98 Å². The van der Waals surface area contributed by atoms with Crippen LogP contribution in [-0.2, 0) is 0 Å². The van der Waals surface area contributed by atoms with E-state index in [1.165, 1.54) is 0 Å². The average Bonchev–Trinajstić information content (AvgIpc) is 3.10. The van der Waals surface area contributed by atoms with Crippen LogP contribution in [0.4, 0.5) is 5.69 Å². The number of phenolic OH excluding ortho intramolecular Hbond substituents is 1. The van der Waals surface area contributed by atoms with Crippen LogP contribution in [0.1, 0.15) is 25.2 Å². The molecule has 2 aromatic carbocycles. The molecule has 0 amide bonds. The van der Waals surface area contributed by atoms with E-state index in [4.69, 9.17) is 0 Å². The second kappa shape index (κ2) is 8.15. The van der Waals surface area contributed by atoms with Crippen molar-refractivity contribution in [3.05, 3.63) is 50.7 Å². The van der Waals surface area contributed by atoms with Crippen molar-refractivity contribution >= 4 is 60.2 Å². The van der Waals surface area contributed by atoms with Gasteiger partial charge in [-0.15, -0.1) is 0 Å². The number of nitrogens with one attached hydrogen (secondary N) is 1. The van der Waals surface area contributed by atoms with Crippen LogP contribution >= 0.6 is 31.9 Å². The molecule has 0 spiro atoms. The van der Waals surface area contributed by atoms with Crippen LogP contribution in [0.5, 0.6) is 5.75 Å². The zero-order valence-electron chi connectivity index (χ0n) is 14.9. The van der Waals surface area contributed by atoms with Gasteiger partial charge in [0.25, 0.3) is 0 Å². The summed E-state index contributed by atoms with van der Waals surface area (Å²) < 4.78 is 1.43. The molecule has 0 aliphatic heterocycles. The van der Waals surface area contributed by atoms with Gasteiger partial charge in [-0.1, -0.05) is 12.1 Å². The number of anilines is 1. The van der Waals surface area contributed by atoms with Gasteiger partial charge >= 0.3 is 0 Å². The van der Waals surface area contributed by atoms with Crippen LogP contribution in [0, 0.1) is 11.3 Å². The second-order valence-electron chi connectivity index (χ2n) is 5.90. The van der Waals surface area contributed by atoms with Crippen LogP contribution < -0.4 is 4.90 Å². The number of phenols is 1. The van der Waals surface area contributed by atoms with Gasteiger partial charge in [-0.3, -0.25) is 0 Å². The number of imidazole rings is 1. The maximum Gasteiger partial charge on any atom is 0.149 e. The first-order valence-electron chi connectivity index (χ1n) is 8.52. The van der Waals surface area contributed by atoms with E-state index < -0.39 is 0 Å². The molecule has 0 saturated heterocycles. The number of allylic oxidation sites excluding steroid dienone is 1. The predicted octanol–water partition coefficient (Wildman–Crippen LogP) is 5.70. The van der Waals surface area contributed by atoms with E-state index >= 15 is 0 Å². The number of benzene rings is 2. The summed E-state index contributed by atoms with van der Waals surface area (Å²) in [6.07, 6.45) is 1.63. The summed E-state index contributed by atoms with van der Waals surface area (Å²) in [5.74, 6) is 0.558. The molecule has 0 aliphatic rings. The maximum absolute atomic E-state index is 10.7. The van der Waals surface area contributed by atoms with Crippen molar-refractivity contribution in [2.75, 3.05) is 18.0 Å². The quantitative estimate of drug-likeness (QED) is 0.450. The van der Waals surface area contributed by atoms with Crippen LogP contribution in [0.25, 0.3) is 22.7 Å². The average molecular weight is 490 g/mol. The highest BCUT2D eigenvalue weighted by Gasteiger charge is 2.18. The smallest absolute Gasteiger partial charge is 0.149 e. The number of hydrogen-bond acceptors (Lipinski definition) is 4. The molecule has 0 bridgehead atoms. The zero-order valence-corrected chi connectivity index (χ0v) is 18.1. The Morgan fingerprint density at radius 2 is 2.00 bits per heavy atom. The fourth-order valence-corrected chi connectivity index (χ4v) is 4.60. The number of halogens is 2. The standard InChI is InChI=1S/C20H18Br2N4O/c1-3-26(4-2)18-14(21)10-12(19(27)17(18)22)9-13(11-23)20-24-15-7-5-6-8-16(15)25-20/h5-10,27H,3-4H2,1-2H3,(H,24,25)/b13-9+. The lowest BCUT2D eigenvalue weighted by molar-refractivity contribution is 0.470. The lowest BCUT2D eigenvalue weighted by atomic mass is 10.1. The van der Waals surface area contributed by atoms with E-state index in [2.05, 4.69) is 66.6 Å². The molecular formula is C20H18Br2N4O. The van der Waals surface area contributed by atoms with E-state index in [1.54, 1.807) is 6.08 Å². The molecule has 0 atom stereocenters. The van der Waals surface area contributed by atoms with Gasteiger partial charge in [0.05, 0.1) is 26.8 Å². The van der Waals surface area contributed by atoms with Gasteiger partial charge in [0.2, 0.25) is 0 Å². The highest BCUT2D eigenvalue weighted by atomic mass is 79.9. The third kappa shape index (κ3) is 3.73. The maximum atomic E-state index is 10.7. The predicted molar refractivity (Wildman–Crippen MR) is 117 cm³/mol. The number of fused-ring (bicyclic) bond motifs is 1. The van der Waals surface area contributed by atoms with Crippen LogP contribution in [-0.4, -0.2) is 28.2 Å². The summed E-state index contributed by atoms with van der Waals surface area (Å²) >= 11 is 7.10. The number of H-pyrrole nitrogens is 1. The van der Waals surface area contributed by atoms with Crippen molar-refractivity contribution in [1.29, 1.82) is 5.26 Å². The minimum atomic E-state index is 0.0870. The molecular weight excluding hydrogens is 472 g/mol. The van der Waals surface area contributed by atoms with E-state index in [0.29, 0.717) is 21.4 Å². The summed E-state index contributed by atoms with van der Waals surface area (Å²) in [7, 11) is 0. The molecule has 0 radical (unpaired) electrons. The van der Waals surface area contributed by atoms with Crippen molar-refractivity contribution < 1.29 is 5.11 Å². The SMILES string of the molecule is CCN(CC)c1c(Br)cc(/C=C(\C#N)c2nc3ccccc3[nH]2)c(O)c1Br. The molecule has 0 unspecified atom stereocenters. The van der Waals surface area contributed by atoms with Gasteiger partial charge in [0.15, 0.2) is 0 Å². The Hall–Kier alpha value is -2.30. The molecule has 1 aromatic heterocycles. The van der Waals surface area contributed by atoms with E-state index in [-0.39, 0.29) is 5.75 Å². The minimum Gasteiger partial charge on any atom is -0.506 e. The van der Waals surface area contributed by atoms with E-state index in [9.17, 15) is 10.4 Å². The number of aromatic hydroxyl groups is 1. The molecule has 1 heterocycles. The van der Waals surface area contributed by atoms with E-state index in [1.807, 2.05) is 30.3 Å². The largest absolute Gasteiger partial charge is 0.506 e. The van der Waals surface area contributed by atoms with Crippen molar-refractivity contribution in [1.82, 2.24) is 9.97 Å². The normalized spacial score (nSPS) is 11.6. The van der Waals surface area contributed by atoms with Crippen molar-refractivity contribution in [2.45, 2.75) is 13.8 Å². The van der Waals surface area contributed by atoms with Crippen molar-refractivity contribution in [2.24, 2.45) is 0 Å². The molecule has 0 aliphatic carbocycles. The number of para-hydroxylation sites is 2. The fraction of sp³-hybridized carbons (Fsp3) is 0.200. The number of aromatic amines is 1. The monoisotopic (exact) mass is 488 g/mol. The topological polar surface area (TPSA) is 75.9 Å². The van der Waals surface area contributed by atoms with Gasteiger partial charge in [-0.05, 0) is 70.0 Å². The minimum absolute atomic E-state index is 0.0870. The van der Waals surface area contributed by atoms with Gasteiger partial charge < -0.3 is 15.0 Å². The van der Waals surface area contributed by atoms with E-state index in [0.717, 1.165) is 34.3 Å². The molecule has 7 heteroatoms. The van der Waals surface area contributed by atoms with Gasteiger partial charge in [0.1, 0.15) is 17.6 Å². The molecule has 5 nitrogen and oxygen atoms in total. The van der Waals surface area contributed by atoms with Gasteiger partial charge in [0, 0.05) is 23.1 Å². The molecule has 27 heavy (non-hydrogen) atoms. The Morgan fingerprint density at radius 3 is 2.63 bits per heavy atom. The zero-order chi connectivity index (χ0) is 19.6. The first-order chi connectivity index (χ1) is 13.0. The number of hydrogen-bond donors (Lipinski definition) is 2. The second-order valence-corrected chi connectivity index (χ2v) is 7.55. The summed E-state index contributed by atoms with van der Waals surface area (Å²) in [6, 6.07) is 11.6. The Kier molecular flexibility index (Phi) is 5.88. The molecule has 138 valence electrons. The van der Waals surface area contributed by atoms with Crippen LogP contribution in [0.2, 0.25) is 0 Å². The lowest BCUT2D eigenvalue weighted by Gasteiger charge is -2.25. The molecule has 0 saturated carbocycles. The van der Waals surface area contributed by atoms with Crippen molar-refractivity contribution in [3.8, 4) is 11.8 Å². The Bertz CT molecular complexity index is 1030. The lowest BCUT2D eigenvalue weighted by Crippen LogP contribution is -2.22. The number of nitriles is 1. The number of rotatable bonds is 5. The van der Waals surface area contributed by atoms with Gasteiger partial charge in [-0.2, -0.15) is 5.26 Å². The Balaban J connectivity index is 2.11. The van der Waals surface area contributed by atoms with Crippen molar-refractivity contribution in [3.63, 3.8) is 0 Å². The molecule has 0 fully saturated rings. The molecule has 3 rings (SSSR count). The first kappa shape index (κ1) is 19.5. The highest BCUT2D eigenvalue weighted by molar-refractivity contribution is 9.11. The van der Waals surface area contributed by atoms with Crippen LogP contribution in [0.15, 0.2) is 39.3 Å². The summed E-state index contributed by atoms with van der Waals surface area (Å²) in [5.41, 5.74) is 3.41. The summed E-state index contributed by atoms with van der Waals surface area (Å²) in [5, 5.41) is 20.3. The molecule has 2 N–H and O–H groups in total. The molecule has 3 aromatic rings. The fourth-order valence-electron chi connectivity index (χ4n) is 2.95. The third-order valence-corrected chi connectivity index (χ3v) is 5.70. The van der Waals surface area contributed by atoms with Crippen LogP contribution in [0.3, 0.4) is 0 Å². The number of aromatic nitrogens is 2. The summed E-state index contributed by atoms with van der Waals surface area (Å²) in [6.45, 7) is 5.74. The Morgan fingerprint density at radius 1 is 1.30 bits per heavy atom. The highest BCUT2D eigenvalue weighted by Crippen LogP contribution is 2.43. The first-order valence-corrected chi connectivity index (χ1v) is 10.1. The summed E-state index contributed by atoms with van der Waals surface area (Å²) in [4.78, 5) is 9.75. The third-order valence-electron chi connectivity index (χ3n) is 4.34. The number of nitrogens with zero attached hydrogens (tertiary/aromatic N) is 3. The Labute approximate surface area is 174 Å².